The van der Waals surface area contributed by atoms with E-state index in [0.717, 1.165) is 5.57 Å². The van der Waals surface area contributed by atoms with Gasteiger partial charge in [0, 0.05) is 29.1 Å². The van der Waals surface area contributed by atoms with Crippen molar-refractivity contribution in [1.82, 2.24) is 0 Å². The third kappa shape index (κ3) is 2.20. The minimum absolute atomic E-state index is 0.118. The van der Waals surface area contributed by atoms with Crippen LogP contribution in [-0.4, -0.2) is 34.0 Å². The highest BCUT2D eigenvalue weighted by atomic mass is 35.5. The smallest absolute Gasteiger partial charge is 0.221 e. The molecule has 0 amide bonds. The molecular weight excluding hydrogens is 419 g/mol. The van der Waals surface area contributed by atoms with Gasteiger partial charge in [-0.2, -0.15) is 0 Å². The van der Waals surface area contributed by atoms with E-state index in [9.17, 15) is 14.7 Å². The summed E-state index contributed by atoms with van der Waals surface area (Å²) in [7, 11) is 0. The number of Topliss-reactive ketones (excluding diaryl/α,β-unsaturated/α-hetero) is 1. The van der Waals surface area contributed by atoms with Gasteiger partial charge in [0.1, 0.15) is 10.8 Å². The van der Waals surface area contributed by atoms with Crippen molar-refractivity contribution in [2.45, 2.75) is 77.2 Å². The number of aliphatic hydroxyl groups is 1. The molecule has 0 radical (unpaired) electrons. The molecule has 168 valence electrons. The third-order valence-electron chi connectivity index (χ3n) is 9.57. The van der Waals surface area contributed by atoms with Crippen LogP contribution in [0.15, 0.2) is 34.6 Å². The molecule has 3 saturated carbocycles. The summed E-state index contributed by atoms with van der Waals surface area (Å²) in [6.07, 6.45) is 5.76. The highest BCUT2D eigenvalue weighted by molar-refractivity contribution is 6.44. The fourth-order valence-electron chi connectivity index (χ4n) is 8.03. The Morgan fingerprint density at radius 3 is 2.65 bits per heavy atom. The van der Waals surface area contributed by atoms with Crippen LogP contribution < -0.4 is 0 Å². The molecule has 0 saturated heterocycles. The highest BCUT2D eigenvalue weighted by Gasteiger charge is 2.78. The first-order valence-electron chi connectivity index (χ1n) is 11.4. The van der Waals surface area contributed by atoms with E-state index in [4.69, 9.17) is 16.3 Å². The number of carbonyl (C=O) groups excluding carboxylic acids is 2. The molecule has 0 aromatic rings. The number of carbonyl (C=O) groups is 2. The average molecular weight is 449 g/mol. The number of aliphatic hydroxyl groups excluding tert-OH is 1. The lowest BCUT2D eigenvalue weighted by atomic mass is 9.44. The summed E-state index contributed by atoms with van der Waals surface area (Å²) < 4.78 is 23.5. The van der Waals surface area contributed by atoms with Gasteiger partial charge in [-0.25, -0.2) is 4.39 Å². The quantitative estimate of drug-likeness (QED) is 0.625. The molecule has 4 aliphatic carbocycles. The van der Waals surface area contributed by atoms with E-state index >= 15 is 4.39 Å². The highest BCUT2D eigenvalue weighted by Crippen LogP contribution is 2.72. The second-order valence-corrected chi connectivity index (χ2v) is 11.0. The molecule has 5 aliphatic rings. The number of ether oxygens (including phenoxy) is 1. The molecule has 1 N–H and O–H groups in total. The molecule has 0 bridgehead atoms. The van der Waals surface area contributed by atoms with Crippen molar-refractivity contribution in [2.75, 3.05) is 0 Å². The molecule has 0 aromatic carbocycles. The zero-order valence-electron chi connectivity index (χ0n) is 18.5. The Morgan fingerprint density at radius 1 is 1.29 bits per heavy atom. The van der Waals surface area contributed by atoms with Gasteiger partial charge in [0.2, 0.25) is 5.78 Å². The summed E-state index contributed by atoms with van der Waals surface area (Å²) in [6.45, 7) is 7.68. The summed E-state index contributed by atoms with van der Waals surface area (Å²) in [5, 5.41) is 11.6. The van der Waals surface area contributed by atoms with Crippen molar-refractivity contribution >= 4 is 23.2 Å². The topological polar surface area (TPSA) is 63.6 Å². The molecule has 6 heteroatoms. The maximum Gasteiger partial charge on any atom is 0.221 e. The third-order valence-corrected chi connectivity index (χ3v) is 9.95. The number of ketones is 2. The first-order valence-corrected chi connectivity index (χ1v) is 11.8. The Labute approximate surface area is 187 Å². The zero-order chi connectivity index (χ0) is 22.6. The standard InChI is InChI=1S/C25H30ClFO4/c1-5-18-20(26)21(30)25(31-18)13(2)10-17-16-7-6-14-11-15(28)8-9-22(14,3)24(16,27)19(29)12-23(17,25)4/h8-9,11,13,16-17,19,29H,5-7,10,12H2,1-4H3/t13-,16-,17-,19-,22-,23-,24-,25-/m0/s1. The second kappa shape index (κ2) is 6.32. The lowest BCUT2D eigenvalue weighted by molar-refractivity contribution is -0.218. The first kappa shape index (κ1) is 21.4. The maximum absolute atomic E-state index is 17.2. The van der Waals surface area contributed by atoms with Crippen molar-refractivity contribution < 1.29 is 23.8 Å². The number of allylic oxidation sites excluding steroid dienone is 5. The van der Waals surface area contributed by atoms with Gasteiger partial charge >= 0.3 is 0 Å². The lowest BCUT2D eigenvalue weighted by Gasteiger charge is -2.62. The lowest BCUT2D eigenvalue weighted by Crippen LogP contribution is -2.69. The number of hydrogen-bond donors (Lipinski definition) is 1. The summed E-state index contributed by atoms with van der Waals surface area (Å²) in [4.78, 5) is 25.5. The molecule has 4 nitrogen and oxygen atoms in total. The van der Waals surface area contributed by atoms with Crippen LogP contribution in [0, 0.1) is 28.6 Å². The van der Waals surface area contributed by atoms with Crippen LogP contribution in [0.5, 0.6) is 0 Å². The molecular formula is C25H30ClFO4. The van der Waals surface area contributed by atoms with Crippen LogP contribution in [0.25, 0.3) is 0 Å². The van der Waals surface area contributed by atoms with Crippen LogP contribution >= 0.6 is 11.6 Å². The summed E-state index contributed by atoms with van der Waals surface area (Å²) in [6, 6.07) is 0. The molecule has 3 fully saturated rings. The zero-order valence-corrected chi connectivity index (χ0v) is 19.3. The van der Waals surface area contributed by atoms with Gasteiger partial charge in [-0.3, -0.25) is 9.59 Å². The Hall–Kier alpha value is -1.46. The second-order valence-electron chi connectivity index (χ2n) is 10.7. The van der Waals surface area contributed by atoms with E-state index in [0.29, 0.717) is 31.4 Å². The summed E-state index contributed by atoms with van der Waals surface area (Å²) in [5.41, 5.74) is -4.07. The molecule has 1 aliphatic heterocycles. The molecule has 0 unspecified atom stereocenters. The molecule has 1 heterocycles. The van der Waals surface area contributed by atoms with Gasteiger partial charge < -0.3 is 9.84 Å². The Kier molecular flexibility index (Phi) is 4.36. The van der Waals surface area contributed by atoms with Crippen molar-refractivity contribution in [3.63, 3.8) is 0 Å². The van der Waals surface area contributed by atoms with Gasteiger partial charge in [-0.15, -0.1) is 0 Å². The van der Waals surface area contributed by atoms with E-state index < -0.39 is 34.1 Å². The van der Waals surface area contributed by atoms with Gasteiger partial charge in [0.05, 0.1) is 6.10 Å². The van der Waals surface area contributed by atoms with E-state index in [1.807, 2.05) is 20.8 Å². The normalized spacial score (nSPS) is 50.9. The van der Waals surface area contributed by atoms with Gasteiger partial charge in [-0.1, -0.05) is 44.0 Å². The minimum atomic E-state index is -1.91. The largest absolute Gasteiger partial charge is 0.481 e. The number of alkyl halides is 1. The van der Waals surface area contributed by atoms with Gasteiger partial charge in [0.15, 0.2) is 17.1 Å². The number of hydrogen-bond acceptors (Lipinski definition) is 4. The predicted octanol–water partition coefficient (Wildman–Crippen LogP) is 4.80. The van der Waals surface area contributed by atoms with E-state index in [-0.39, 0.29) is 34.9 Å². The molecule has 0 aromatic heterocycles. The fraction of sp³-hybridized carbons (Fsp3) is 0.680. The van der Waals surface area contributed by atoms with Crippen LogP contribution in [0.2, 0.25) is 0 Å². The van der Waals surface area contributed by atoms with Gasteiger partial charge in [-0.05, 0) is 50.7 Å². The summed E-state index contributed by atoms with van der Waals surface area (Å²) >= 11 is 6.40. The molecule has 5 rings (SSSR count). The average Bonchev–Trinajstić information content (AvgIpc) is 3.11. The monoisotopic (exact) mass is 448 g/mol. The van der Waals surface area contributed by atoms with Crippen LogP contribution in [0.4, 0.5) is 4.39 Å². The summed E-state index contributed by atoms with van der Waals surface area (Å²) in [5.74, 6) is -0.561. The minimum Gasteiger partial charge on any atom is -0.481 e. The Balaban J connectivity index is 1.62. The van der Waals surface area contributed by atoms with Crippen LogP contribution in [0.1, 0.15) is 59.8 Å². The molecule has 8 atom stereocenters. The van der Waals surface area contributed by atoms with Crippen molar-refractivity contribution in [3.8, 4) is 0 Å². The van der Waals surface area contributed by atoms with Crippen LogP contribution in [-0.2, 0) is 14.3 Å². The SMILES string of the molecule is CCC1=C(Cl)C(=O)[C@@]2(O1)[C@@H](C)C[C@H]1[C@@H]3CCC4=CC(=O)C=C[C@]4(C)[C@@]3(F)[C@@H](O)C[C@@]12C. The Morgan fingerprint density at radius 2 is 2.00 bits per heavy atom. The molecule has 31 heavy (non-hydrogen) atoms. The van der Waals surface area contributed by atoms with Crippen molar-refractivity contribution in [1.29, 1.82) is 0 Å². The fourth-order valence-corrected chi connectivity index (χ4v) is 8.35. The Bertz CT molecular complexity index is 984. The van der Waals surface area contributed by atoms with E-state index in [2.05, 4.69) is 0 Å². The molecule has 1 spiro atoms. The van der Waals surface area contributed by atoms with Crippen molar-refractivity contribution in [3.05, 3.63) is 34.6 Å². The predicted molar refractivity (Wildman–Crippen MR) is 115 cm³/mol. The number of fused-ring (bicyclic) bond motifs is 6. The van der Waals surface area contributed by atoms with Crippen molar-refractivity contribution in [2.24, 2.45) is 28.6 Å². The number of rotatable bonds is 1. The van der Waals surface area contributed by atoms with Gasteiger partial charge in [0.25, 0.3) is 0 Å². The maximum atomic E-state index is 17.2. The first-order chi connectivity index (χ1) is 14.5. The van der Waals surface area contributed by atoms with E-state index in [1.165, 1.54) is 12.2 Å². The number of halogens is 2. The van der Waals surface area contributed by atoms with E-state index in [1.54, 1.807) is 13.0 Å². The van der Waals surface area contributed by atoms with Crippen LogP contribution in [0.3, 0.4) is 0 Å².